The van der Waals surface area contributed by atoms with Gasteiger partial charge < -0.3 is 4.90 Å². The lowest BCUT2D eigenvalue weighted by molar-refractivity contribution is -0.143. The Morgan fingerprint density at radius 1 is 1.06 bits per heavy atom. The van der Waals surface area contributed by atoms with Crippen LogP contribution in [0, 0.1) is 11.8 Å². The summed E-state index contributed by atoms with van der Waals surface area (Å²) in [6, 6.07) is 9.07. The Kier molecular flexibility index (Phi) is 5.20. The molecule has 2 fully saturated rings. The van der Waals surface area contributed by atoms with Crippen molar-refractivity contribution in [3.05, 3.63) is 52.8 Å². The van der Waals surface area contributed by atoms with Crippen molar-refractivity contribution in [3.63, 3.8) is 0 Å². The first-order valence-corrected chi connectivity index (χ1v) is 12.6. The van der Waals surface area contributed by atoms with Crippen LogP contribution in [0.3, 0.4) is 0 Å². The molecule has 0 radical (unpaired) electrons. The van der Waals surface area contributed by atoms with Gasteiger partial charge in [0, 0.05) is 29.3 Å². The van der Waals surface area contributed by atoms with E-state index < -0.39 is 11.9 Å². The SMILES string of the molecule is C[C@@H]1CC[C@H]2[C@H](CC[C@H](C)N2C(=O)c2cc3nc4c(c(C(F)(F)F)n3n2)CCc2ccccc2-4)C1. The van der Waals surface area contributed by atoms with Crippen LogP contribution in [0.4, 0.5) is 13.2 Å². The van der Waals surface area contributed by atoms with Gasteiger partial charge in [-0.15, -0.1) is 0 Å². The summed E-state index contributed by atoms with van der Waals surface area (Å²) in [7, 11) is 0. The molecule has 0 unspecified atom stereocenters. The molecule has 1 saturated heterocycles. The van der Waals surface area contributed by atoms with Crippen LogP contribution in [0.5, 0.6) is 0 Å². The Morgan fingerprint density at radius 3 is 2.66 bits per heavy atom. The Bertz CT molecular complexity index is 1310. The number of rotatable bonds is 1. The molecule has 1 aliphatic heterocycles. The van der Waals surface area contributed by atoms with Gasteiger partial charge in [-0.1, -0.05) is 31.2 Å². The Morgan fingerprint density at radius 2 is 1.86 bits per heavy atom. The predicted molar refractivity (Wildman–Crippen MR) is 126 cm³/mol. The first-order chi connectivity index (χ1) is 16.7. The van der Waals surface area contributed by atoms with E-state index in [1.165, 1.54) is 6.07 Å². The van der Waals surface area contributed by atoms with Crippen LogP contribution >= 0.6 is 0 Å². The fourth-order valence-corrected chi connectivity index (χ4v) is 6.69. The Balaban J connectivity index is 1.47. The van der Waals surface area contributed by atoms with Crippen molar-refractivity contribution in [3.8, 4) is 11.3 Å². The minimum absolute atomic E-state index is 0.0390. The number of nitrogens with zero attached hydrogens (tertiary/aromatic N) is 4. The number of benzene rings is 1. The van der Waals surface area contributed by atoms with E-state index in [9.17, 15) is 18.0 Å². The molecule has 2 aliphatic carbocycles. The number of halogens is 3. The maximum absolute atomic E-state index is 14.4. The molecule has 3 aliphatic rings. The van der Waals surface area contributed by atoms with Crippen molar-refractivity contribution < 1.29 is 18.0 Å². The molecule has 184 valence electrons. The number of carbonyl (C=O) groups is 1. The standard InChI is InChI=1S/C27H29F3N4O/c1-15-7-12-22-18(13-15)9-8-16(2)33(22)26(35)21-14-23-31-24-19-6-4-3-5-17(19)10-11-20(24)25(27(28,29)30)34(23)32-21/h3-6,14-16,18,22H,7-13H2,1-2H3/t15-,16+,18-,22+/m1/s1. The summed E-state index contributed by atoms with van der Waals surface area (Å²) in [5.41, 5.74) is 1.50. The van der Waals surface area contributed by atoms with Crippen molar-refractivity contribution in [2.75, 3.05) is 0 Å². The minimum Gasteiger partial charge on any atom is -0.331 e. The highest BCUT2D eigenvalue weighted by Gasteiger charge is 2.43. The number of fused-ring (bicyclic) bond motifs is 5. The van der Waals surface area contributed by atoms with Crippen LogP contribution in [0.1, 0.15) is 73.3 Å². The van der Waals surface area contributed by atoms with E-state index >= 15 is 0 Å². The third-order valence-corrected chi connectivity index (χ3v) is 8.33. The largest absolute Gasteiger partial charge is 0.433 e. The predicted octanol–water partition coefficient (Wildman–Crippen LogP) is 5.94. The van der Waals surface area contributed by atoms with Crippen molar-refractivity contribution in [2.45, 2.75) is 77.1 Å². The van der Waals surface area contributed by atoms with Crippen LogP contribution < -0.4 is 0 Å². The number of aromatic nitrogens is 3. The highest BCUT2D eigenvalue weighted by atomic mass is 19.4. The molecule has 5 nitrogen and oxygen atoms in total. The molecular weight excluding hydrogens is 453 g/mol. The van der Waals surface area contributed by atoms with E-state index in [4.69, 9.17) is 0 Å². The van der Waals surface area contributed by atoms with Gasteiger partial charge in [0.05, 0.1) is 5.69 Å². The number of amides is 1. The first kappa shape index (κ1) is 22.6. The van der Waals surface area contributed by atoms with Crippen LogP contribution in [0.2, 0.25) is 0 Å². The molecule has 0 bridgehead atoms. The number of alkyl halides is 3. The van der Waals surface area contributed by atoms with E-state index in [0.717, 1.165) is 47.7 Å². The van der Waals surface area contributed by atoms with Crippen LogP contribution in [-0.4, -0.2) is 37.5 Å². The fraction of sp³-hybridized carbons (Fsp3) is 0.519. The van der Waals surface area contributed by atoms with Crippen molar-refractivity contribution in [1.82, 2.24) is 19.5 Å². The van der Waals surface area contributed by atoms with Gasteiger partial charge in [0.15, 0.2) is 17.0 Å². The second-order valence-electron chi connectivity index (χ2n) is 10.6. The van der Waals surface area contributed by atoms with Crippen molar-refractivity contribution in [1.29, 1.82) is 0 Å². The van der Waals surface area contributed by atoms with Crippen LogP contribution in [0.15, 0.2) is 30.3 Å². The first-order valence-electron chi connectivity index (χ1n) is 12.6. The van der Waals surface area contributed by atoms with Crippen molar-refractivity contribution >= 4 is 11.6 Å². The van der Waals surface area contributed by atoms with Gasteiger partial charge in [-0.25, -0.2) is 9.50 Å². The zero-order valence-corrected chi connectivity index (χ0v) is 20.0. The number of hydrogen-bond donors (Lipinski definition) is 0. The second-order valence-corrected chi connectivity index (χ2v) is 10.6. The summed E-state index contributed by atoms with van der Waals surface area (Å²) in [5, 5.41) is 4.25. The molecule has 1 saturated carbocycles. The van der Waals surface area contributed by atoms with Gasteiger partial charge in [0.2, 0.25) is 0 Å². The molecular formula is C27H29F3N4O. The molecule has 0 N–H and O–H groups in total. The lowest BCUT2D eigenvalue weighted by Crippen LogP contribution is -2.54. The topological polar surface area (TPSA) is 50.5 Å². The molecule has 1 amide bonds. The fourth-order valence-electron chi connectivity index (χ4n) is 6.69. The van der Waals surface area contributed by atoms with Gasteiger partial charge in [-0.3, -0.25) is 4.79 Å². The third kappa shape index (κ3) is 3.64. The Labute approximate surface area is 202 Å². The number of likely N-dealkylation sites (tertiary alicyclic amines) is 1. The van der Waals surface area contributed by atoms with Crippen LogP contribution in [-0.2, 0) is 19.0 Å². The molecule has 35 heavy (non-hydrogen) atoms. The zero-order valence-electron chi connectivity index (χ0n) is 20.0. The van der Waals surface area contributed by atoms with Gasteiger partial charge >= 0.3 is 6.18 Å². The molecule has 6 rings (SSSR count). The molecule has 1 aromatic carbocycles. The molecule has 0 spiro atoms. The van der Waals surface area contributed by atoms with E-state index in [2.05, 4.69) is 17.0 Å². The quantitative estimate of drug-likeness (QED) is 0.431. The third-order valence-electron chi connectivity index (χ3n) is 8.33. The maximum atomic E-state index is 14.4. The summed E-state index contributed by atoms with van der Waals surface area (Å²) in [6.07, 6.45) is 1.23. The van der Waals surface area contributed by atoms with Gasteiger partial charge in [-0.05, 0) is 69.3 Å². The minimum atomic E-state index is -4.62. The summed E-state index contributed by atoms with van der Waals surface area (Å²) in [5.74, 6) is 0.812. The second kappa shape index (κ2) is 8.07. The molecule has 8 heteroatoms. The van der Waals surface area contributed by atoms with E-state index in [0.29, 0.717) is 24.0 Å². The van der Waals surface area contributed by atoms with Gasteiger partial charge in [-0.2, -0.15) is 18.3 Å². The molecule has 4 atom stereocenters. The molecule has 3 aromatic rings. The Hall–Kier alpha value is -2.90. The summed E-state index contributed by atoms with van der Waals surface area (Å²) < 4.78 is 44.0. The molecule has 2 aromatic heterocycles. The average Bonchev–Trinajstić information content (AvgIpc) is 3.25. The normalized spacial score (nSPS) is 26.3. The van der Waals surface area contributed by atoms with Gasteiger partial charge in [0.1, 0.15) is 0 Å². The summed E-state index contributed by atoms with van der Waals surface area (Å²) >= 11 is 0. The maximum Gasteiger partial charge on any atom is 0.433 e. The highest BCUT2D eigenvalue weighted by Crippen LogP contribution is 2.42. The highest BCUT2D eigenvalue weighted by molar-refractivity contribution is 5.94. The number of aryl methyl sites for hydroxylation is 1. The van der Waals surface area contributed by atoms with Crippen LogP contribution in [0.25, 0.3) is 16.9 Å². The van der Waals surface area contributed by atoms with E-state index in [-0.39, 0.29) is 41.3 Å². The lowest BCUT2D eigenvalue weighted by atomic mass is 9.72. The smallest absolute Gasteiger partial charge is 0.331 e. The van der Waals surface area contributed by atoms with E-state index in [1.807, 2.05) is 36.1 Å². The number of hydrogen-bond acceptors (Lipinski definition) is 3. The van der Waals surface area contributed by atoms with Gasteiger partial charge in [0.25, 0.3) is 5.91 Å². The molecule has 3 heterocycles. The summed E-state index contributed by atoms with van der Waals surface area (Å²) in [4.78, 5) is 20.3. The van der Waals surface area contributed by atoms with Crippen molar-refractivity contribution in [2.24, 2.45) is 11.8 Å². The van der Waals surface area contributed by atoms with E-state index in [1.54, 1.807) is 0 Å². The lowest BCUT2D eigenvalue weighted by Gasteiger charge is -2.48. The summed E-state index contributed by atoms with van der Waals surface area (Å²) in [6.45, 7) is 4.30. The zero-order chi connectivity index (χ0) is 24.5. The monoisotopic (exact) mass is 482 g/mol. The average molecular weight is 483 g/mol. The number of carbonyl (C=O) groups excluding carboxylic acids is 1. The number of piperidine rings is 1.